The first kappa shape index (κ1) is 19.9. The molecular formula is C18H24N8OS. The maximum atomic E-state index is 12.4. The summed E-state index contributed by atoms with van der Waals surface area (Å²) in [6.45, 7) is 9.36. The quantitative estimate of drug-likeness (QED) is 0.495. The summed E-state index contributed by atoms with van der Waals surface area (Å²) in [5.74, 6) is 1.60. The Bertz CT molecular complexity index is 987. The van der Waals surface area contributed by atoms with Crippen LogP contribution in [0.1, 0.15) is 25.0 Å². The topological polar surface area (TPSA) is 109 Å². The van der Waals surface area contributed by atoms with Crippen molar-refractivity contribution in [3.05, 3.63) is 29.3 Å². The van der Waals surface area contributed by atoms with Crippen LogP contribution < -0.4 is 16.0 Å². The monoisotopic (exact) mass is 400 g/mol. The molecule has 0 fully saturated rings. The zero-order valence-electron chi connectivity index (χ0n) is 16.4. The Balaban J connectivity index is 1.76. The van der Waals surface area contributed by atoms with Gasteiger partial charge in [-0.15, -0.1) is 10.2 Å². The van der Waals surface area contributed by atoms with Crippen molar-refractivity contribution in [2.24, 2.45) is 0 Å². The van der Waals surface area contributed by atoms with Crippen molar-refractivity contribution < 1.29 is 4.79 Å². The van der Waals surface area contributed by atoms with Crippen molar-refractivity contribution in [1.29, 1.82) is 0 Å². The van der Waals surface area contributed by atoms with Crippen LogP contribution in [0, 0.1) is 13.8 Å². The molecule has 3 N–H and O–H groups in total. The molecule has 0 bridgehead atoms. The van der Waals surface area contributed by atoms with Gasteiger partial charge in [0.05, 0.1) is 5.75 Å². The van der Waals surface area contributed by atoms with E-state index >= 15 is 0 Å². The second-order valence-corrected chi connectivity index (χ2v) is 7.08. The highest BCUT2D eigenvalue weighted by molar-refractivity contribution is 7.99. The first-order chi connectivity index (χ1) is 13.5. The number of aryl methyl sites for hydroxylation is 1. The molecule has 0 aliphatic carbocycles. The van der Waals surface area contributed by atoms with Crippen molar-refractivity contribution in [2.75, 3.05) is 34.8 Å². The van der Waals surface area contributed by atoms with E-state index in [1.165, 1.54) is 11.8 Å². The van der Waals surface area contributed by atoms with Crippen molar-refractivity contribution in [2.45, 2.75) is 32.9 Å². The van der Waals surface area contributed by atoms with E-state index in [0.717, 1.165) is 16.8 Å². The Hall–Kier alpha value is -2.88. The summed E-state index contributed by atoms with van der Waals surface area (Å²) >= 11 is 1.29. The third kappa shape index (κ3) is 4.33. The van der Waals surface area contributed by atoms with Crippen LogP contribution in [0.3, 0.4) is 0 Å². The lowest BCUT2D eigenvalue weighted by Gasteiger charge is -2.11. The molecule has 148 valence electrons. The minimum atomic E-state index is -0.106. The van der Waals surface area contributed by atoms with Crippen LogP contribution >= 0.6 is 11.8 Å². The van der Waals surface area contributed by atoms with E-state index in [1.54, 1.807) is 4.40 Å². The largest absolute Gasteiger partial charge is 0.355 e. The lowest BCUT2D eigenvalue weighted by Crippen LogP contribution is -2.16. The van der Waals surface area contributed by atoms with E-state index in [1.807, 2.05) is 45.9 Å². The van der Waals surface area contributed by atoms with E-state index in [0.29, 0.717) is 35.9 Å². The normalized spacial score (nSPS) is 10.9. The zero-order valence-corrected chi connectivity index (χ0v) is 17.2. The molecule has 1 amide bonds. The number of nitrogens with one attached hydrogen (secondary N) is 3. The van der Waals surface area contributed by atoms with Gasteiger partial charge in [0.1, 0.15) is 0 Å². The molecule has 0 atom stereocenters. The van der Waals surface area contributed by atoms with Crippen LogP contribution in [0.2, 0.25) is 0 Å². The van der Waals surface area contributed by atoms with Gasteiger partial charge in [-0.05, 0) is 44.9 Å². The molecule has 0 aliphatic heterocycles. The second kappa shape index (κ2) is 8.87. The van der Waals surface area contributed by atoms with Crippen molar-refractivity contribution >= 4 is 41.0 Å². The fraction of sp³-hybridized carbons (Fsp3) is 0.389. The fourth-order valence-corrected chi connectivity index (χ4v) is 3.33. The van der Waals surface area contributed by atoms with Crippen LogP contribution in [0.5, 0.6) is 0 Å². The highest BCUT2D eigenvalue weighted by Gasteiger charge is 2.16. The standard InChI is InChI=1S/C18H24N8OS/c1-5-19-15-22-16(20-6-2)26-17(23-15)24-25-18(26)28-10-14(27)21-13-9-7-8-11(3)12(13)4/h7-9H,5-6,10H2,1-4H3,(H,21,27)(H2,19,20,22,23,24). The summed E-state index contributed by atoms with van der Waals surface area (Å²) in [5.41, 5.74) is 3.02. The number of thioether (sulfide) groups is 1. The molecule has 28 heavy (non-hydrogen) atoms. The van der Waals surface area contributed by atoms with Gasteiger partial charge in [-0.3, -0.25) is 4.79 Å². The Morgan fingerprint density at radius 3 is 2.64 bits per heavy atom. The maximum Gasteiger partial charge on any atom is 0.261 e. The molecule has 0 saturated carbocycles. The van der Waals surface area contributed by atoms with E-state index in [2.05, 4.69) is 36.1 Å². The number of benzene rings is 1. The Kier molecular flexibility index (Phi) is 6.30. The smallest absolute Gasteiger partial charge is 0.261 e. The number of fused-ring (bicyclic) bond motifs is 1. The Labute approximate surface area is 167 Å². The van der Waals surface area contributed by atoms with Crippen LogP contribution in [-0.2, 0) is 4.79 Å². The minimum absolute atomic E-state index is 0.106. The average molecular weight is 401 g/mol. The number of hydrogen-bond acceptors (Lipinski definition) is 8. The lowest BCUT2D eigenvalue weighted by atomic mass is 10.1. The van der Waals surface area contributed by atoms with E-state index in [9.17, 15) is 4.79 Å². The van der Waals surface area contributed by atoms with Crippen molar-refractivity contribution in [3.8, 4) is 0 Å². The van der Waals surface area contributed by atoms with Gasteiger partial charge in [-0.1, -0.05) is 23.9 Å². The molecule has 0 unspecified atom stereocenters. The highest BCUT2D eigenvalue weighted by atomic mass is 32.2. The average Bonchev–Trinajstić information content (AvgIpc) is 3.07. The summed E-state index contributed by atoms with van der Waals surface area (Å²) in [6.07, 6.45) is 0. The molecule has 10 heteroatoms. The van der Waals surface area contributed by atoms with Crippen LogP contribution in [0.4, 0.5) is 17.6 Å². The molecular weight excluding hydrogens is 376 g/mol. The maximum absolute atomic E-state index is 12.4. The van der Waals surface area contributed by atoms with E-state index < -0.39 is 0 Å². The fourth-order valence-electron chi connectivity index (χ4n) is 2.60. The lowest BCUT2D eigenvalue weighted by molar-refractivity contribution is -0.113. The van der Waals surface area contributed by atoms with Gasteiger partial charge in [0, 0.05) is 18.8 Å². The third-order valence-corrected chi connectivity index (χ3v) is 5.06. The highest BCUT2D eigenvalue weighted by Crippen LogP contribution is 2.22. The Morgan fingerprint density at radius 2 is 1.89 bits per heavy atom. The van der Waals surface area contributed by atoms with Crippen molar-refractivity contribution in [1.82, 2.24) is 24.6 Å². The molecule has 3 rings (SSSR count). The van der Waals surface area contributed by atoms with E-state index in [4.69, 9.17) is 0 Å². The van der Waals surface area contributed by atoms with Gasteiger partial charge >= 0.3 is 0 Å². The number of carbonyl (C=O) groups is 1. The molecule has 0 saturated heterocycles. The summed E-state index contributed by atoms with van der Waals surface area (Å²) in [4.78, 5) is 21.2. The van der Waals surface area contributed by atoms with Gasteiger partial charge in [0.2, 0.25) is 17.8 Å². The first-order valence-electron chi connectivity index (χ1n) is 9.13. The third-order valence-electron chi connectivity index (χ3n) is 4.13. The summed E-state index contributed by atoms with van der Waals surface area (Å²) in [7, 11) is 0. The molecule has 0 aliphatic rings. The predicted molar refractivity (Wildman–Crippen MR) is 112 cm³/mol. The summed E-state index contributed by atoms with van der Waals surface area (Å²) in [5, 5.41) is 18.1. The van der Waals surface area contributed by atoms with Crippen molar-refractivity contribution in [3.63, 3.8) is 0 Å². The van der Waals surface area contributed by atoms with Gasteiger partial charge < -0.3 is 16.0 Å². The first-order valence-corrected chi connectivity index (χ1v) is 10.1. The minimum Gasteiger partial charge on any atom is -0.355 e. The molecule has 1 aromatic carbocycles. The van der Waals surface area contributed by atoms with Crippen LogP contribution in [0.15, 0.2) is 23.4 Å². The molecule has 2 aromatic heterocycles. The van der Waals surface area contributed by atoms with Crippen LogP contribution in [0.25, 0.3) is 5.78 Å². The van der Waals surface area contributed by atoms with E-state index in [-0.39, 0.29) is 11.7 Å². The zero-order chi connectivity index (χ0) is 20.1. The molecule has 3 aromatic rings. The summed E-state index contributed by atoms with van der Waals surface area (Å²) < 4.78 is 1.72. The van der Waals surface area contributed by atoms with Gasteiger partial charge in [-0.25, -0.2) is 4.40 Å². The number of hydrogen-bond donors (Lipinski definition) is 3. The number of amides is 1. The Morgan fingerprint density at radius 1 is 1.11 bits per heavy atom. The molecule has 0 spiro atoms. The summed E-state index contributed by atoms with van der Waals surface area (Å²) in [6, 6.07) is 5.85. The van der Waals surface area contributed by atoms with Gasteiger partial charge in [-0.2, -0.15) is 9.97 Å². The number of anilines is 3. The molecule has 9 nitrogen and oxygen atoms in total. The number of nitrogens with zero attached hydrogens (tertiary/aromatic N) is 5. The SMILES string of the molecule is CCNc1nc(NCC)n2c(SCC(=O)Nc3cccc(C)c3C)nnc2n1. The number of carbonyl (C=O) groups excluding carboxylic acids is 1. The van der Waals surface area contributed by atoms with Gasteiger partial charge in [0.15, 0.2) is 5.16 Å². The molecule has 0 radical (unpaired) electrons. The number of aromatic nitrogens is 5. The number of rotatable bonds is 8. The second-order valence-electron chi connectivity index (χ2n) is 6.13. The van der Waals surface area contributed by atoms with Crippen LogP contribution in [-0.4, -0.2) is 49.3 Å². The predicted octanol–water partition coefficient (Wildman–Crippen LogP) is 2.73. The molecule has 2 heterocycles. The van der Waals surface area contributed by atoms with Gasteiger partial charge in [0.25, 0.3) is 5.78 Å².